The van der Waals surface area contributed by atoms with Crippen LogP contribution in [0.15, 0.2) is 10.7 Å². The number of hydrogen-bond donors (Lipinski definition) is 1. The summed E-state index contributed by atoms with van der Waals surface area (Å²) in [5.74, 6) is 0.891. The van der Waals surface area contributed by atoms with Gasteiger partial charge in [0.25, 0.3) is 11.8 Å². The second kappa shape index (κ2) is 8.39. The third kappa shape index (κ3) is 3.93. The predicted molar refractivity (Wildman–Crippen MR) is 107 cm³/mol. The smallest absolute Gasteiger partial charge is 0.259 e. The maximum Gasteiger partial charge on any atom is 0.259 e. The van der Waals surface area contributed by atoms with Gasteiger partial charge in [-0.2, -0.15) is 5.10 Å². The minimum Gasteiger partial charge on any atom is -0.361 e. The van der Waals surface area contributed by atoms with Gasteiger partial charge < -0.3 is 14.3 Å². The van der Waals surface area contributed by atoms with E-state index in [9.17, 15) is 9.59 Å². The first-order valence-electron chi connectivity index (χ1n) is 10.6. The third-order valence-electron chi connectivity index (χ3n) is 6.23. The van der Waals surface area contributed by atoms with Crippen LogP contribution in [0, 0.1) is 13.8 Å². The van der Waals surface area contributed by atoms with Crippen LogP contribution in [-0.4, -0.2) is 63.1 Å². The Morgan fingerprint density at radius 3 is 2.34 bits per heavy atom. The van der Waals surface area contributed by atoms with Crippen LogP contribution >= 0.6 is 0 Å². The molecule has 0 aromatic carbocycles. The first kappa shape index (κ1) is 19.7. The summed E-state index contributed by atoms with van der Waals surface area (Å²) in [4.78, 5) is 29.8. The lowest BCUT2D eigenvalue weighted by molar-refractivity contribution is 0.0716. The van der Waals surface area contributed by atoms with Crippen LogP contribution in [0.1, 0.15) is 82.3 Å². The number of rotatable bonds is 3. The van der Waals surface area contributed by atoms with Gasteiger partial charge in [-0.3, -0.25) is 14.7 Å². The molecule has 8 heteroatoms. The quantitative estimate of drug-likeness (QED) is 0.856. The standard InChI is InChI=1S/C21H29N5O3/c1-14-18(15(2)29-24-14)21(28)26-10-6-9-25(11-12-26)20(27)17-13-22-23-19(17)16-7-4-3-5-8-16/h13,16H,3-12H2,1-2H3,(H,22,23). The van der Waals surface area contributed by atoms with Crippen molar-refractivity contribution in [1.82, 2.24) is 25.2 Å². The highest BCUT2D eigenvalue weighted by atomic mass is 16.5. The van der Waals surface area contributed by atoms with Crippen LogP contribution in [-0.2, 0) is 0 Å². The van der Waals surface area contributed by atoms with E-state index in [1.807, 2.05) is 4.90 Å². The minimum atomic E-state index is -0.0678. The molecule has 2 amide bonds. The fraction of sp³-hybridized carbons (Fsp3) is 0.619. The Balaban J connectivity index is 1.44. The molecule has 1 saturated heterocycles. The highest BCUT2D eigenvalue weighted by Gasteiger charge is 2.29. The highest BCUT2D eigenvalue weighted by Crippen LogP contribution is 2.33. The zero-order valence-electron chi connectivity index (χ0n) is 17.2. The molecular formula is C21H29N5O3. The Morgan fingerprint density at radius 1 is 1.00 bits per heavy atom. The SMILES string of the molecule is Cc1noc(C)c1C(=O)N1CCCN(C(=O)c2cn[nH]c2C2CCCCC2)CC1. The van der Waals surface area contributed by atoms with E-state index in [0.29, 0.717) is 54.7 Å². The molecule has 156 valence electrons. The number of nitrogens with zero attached hydrogens (tertiary/aromatic N) is 4. The molecule has 0 spiro atoms. The normalized spacial score (nSPS) is 18.7. The van der Waals surface area contributed by atoms with Gasteiger partial charge in [0.15, 0.2) is 0 Å². The summed E-state index contributed by atoms with van der Waals surface area (Å²) in [6, 6.07) is 0. The number of aryl methyl sites for hydroxylation is 2. The topological polar surface area (TPSA) is 95.3 Å². The van der Waals surface area contributed by atoms with E-state index in [1.54, 1.807) is 24.9 Å². The lowest BCUT2D eigenvalue weighted by Crippen LogP contribution is -2.38. The molecule has 0 unspecified atom stereocenters. The summed E-state index contributed by atoms with van der Waals surface area (Å²) in [6.45, 7) is 5.82. The zero-order valence-corrected chi connectivity index (χ0v) is 17.2. The molecule has 1 aliphatic heterocycles. The van der Waals surface area contributed by atoms with Crippen LogP contribution in [0.2, 0.25) is 0 Å². The van der Waals surface area contributed by atoms with E-state index in [0.717, 1.165) is 25.0 Å². The van der Waals surface area contributed by atoms with Gasteiger partial charge in [-0.1, -0.05) is 24.4 Å². The Morgan fingerprint density at radius 2 is 1.69 bits per heavy atom. The monoisotopic (exact) mass is 399 g/mol. The second-order valence-corrected chi connectivity index (χ2v) is 8.17. The van der Waals surface area contributed by atoms with E-state index in [4.69, 9.17) is 4.52 Å². The number of carbonyl (C=O) groups is 2. The fourth-order valence-corrected chi connectivity index (χ4v) is 4.61. The summed E-state index contributed by atoms with van der Waals surface area (Å²) in [5, 5.41) is 11.2. The number of H-pyrrole nitrogens is 1. The van der Waals surface area contributed by atoms with Gasteiger partial charge in [0.05, 0.1) is 23.1 Å². The molecule has 1 aliphatic carbocycles. The van der Waals surface area contributed by atoms with E-state index >= 15 is 0 Å². The maximum atomic E-state index is 13.2. The summed E-state index contributed by atoms with van der Waals surface area (Å²) in [7, 11) is 0. The number of amides is 2. The average molecular weight is 399 g/mol. The summed E-state index contributed by atoms with van der Waals surface area (Å²) < 4.78 is 5.15. The van der Waals surface area contributed by atoms with Gasteiger partial charge in [0, 0.05) is 32.1 Å². The Labute approximate surface area is 170 Å². The van der Waals surface area contributed by atoms with Gasteiger partial charge in [0.1, 0.15) is 11.3 Å². The van der Waals surface area contributed by atoms with Crippen LogP contribution in [0.25, 0.3) is 0 Å². The molecule has 0 bridgehead atoms. The molecule has 1 saturated carbocycles. The zero-order chi connectivity index (χ0) is 20.4. The molecule has 2 aromatic heterocycles. The molecule has 2 aromatic rings. The van der Waals surface area contributed by atoms with Crippen molar-refractivity contribution in [3.63, 3.8) is 0 Å². The number of aromatic amines is 1. The minimum absolute atomic E-state index is 0.0194. The van der Waals surface area contributed by atoms with Crippen LogP contribution in [0.5, 0.6) is 0 Å². The average Bonchev–Trinajstić information content (AvgIpc) is 3.26. The molecule has 2 fully saturated rings. The highest BCUT2D eigenvalue weighted by molar-refractivity contribution is 5.97. The first-order valence-corrected chi connectivity index (χ1v) is 10.6. The molecular weight excluding hydrogens is 370 g/mol. The van der Waals surface area contributed by atoms with E-state index in [2.05, 4.69) is 15.4 Å². The molecule has 8 nitrogen and oxygen atoms in total. The number of carbonyl (C=O) groups excluding carboxylic acids is 2. The molecule has 0 atom stereocenters. The second-order valence-electron chi connectivity index (χ2n) is 8.17. The Bertz CT molecular complexity index is 861. The largest absolute Gasteiger partial charge is 0.361 e. The molecule has 2 aliphatic rings. The summed E-state index contributed by atoms with van der Waals surface area (Å²) in [6.07, 6.45) is 8.33. The predicted octanol–water partition coefficient (Wildman–Crippen LogP) is 3.05. The van der Waals surface area contributed by atoms with Gasteiger partial charge >= 0.3 is 0 Å². The van der Waals surface area contributed by atoms with Crippen molar-refractivity contribution in [3.05, 3.63) is 34.5 Å². The molecule has 4 rings (SSSR count). The lowest BCUT2D eigenvalue weighted by atomic mass is 9.85. The molecule has 29 heavy (non-hydrogen) atoms. The Hall–Kier alpha value is -2.64. The van der Waals surface area contributed by atoms with Crippen molar-refractivity contribution in [1.29, 1.82) is 0 Å². The fourth-order valence-electron chi connectivity index (χ4n) is 4.61. The van der Waals surface area contributed by atoms with Gasteiger partial charge in [-0.25, -0.2) is 0 Å². The van der Waals surface area contributed by atoms with E-state index < -0.39 is 0 Å². The van der Waals surface area contributed by atoms with Crippen LogP contribution in [0.3, 0.4) is 0 Å². The first-order chi connectivity index (χ1) is 14.1. The van der Waals surface area contributed by atoms with E-state index in [1.165, 1.54) is 19.3 Å². The Kier molecular flexibility index (Phi) is 5.69. The summed E-state index contributed by atoms with van der Waals surface area (Å²) >= 11 is 0. The lowest BCUT2D eigenvalue weighted by Gasteiger charge is -2.24. The van der Waals surface area contributed by atoms with Crippen LogP contribution in [0.4, 0.5) is 0 Å². The number of aromatic nitrogens is 3. The van der Waals surface area contributed by atoms with E-state index in [-0.39, 0.29) is 11.8 Å². The number of hydrogen-bond acceptors (Lipinski definition) is 5. The van der Waals surface area contributed by atoms with Crippen LogP contribution < -0.4 is 0 Å². The van der Waals surface area contributed by atoms with Crippen molar-refractivity contribution in [2.45, 2.75) is 58.3 Å². The van der Waals surface area contributed by atoms with Crippen molar-refractivity contribution < 1.29 is 14.1 Å². The molecule has 3 heterocycles. The van der Waals surface area contributed by atoms with Crippen molar-refractivity contribution >= 4 is 11.8 Å². The van der Waals surface area contributed by atoms with Crippen molar-refractivity contribution in [2.75, 3.05) is 26.2 Å². The van der Waals surface area contributed by atoms with Gasteiger partial charge in [0.2, 0.25) is 0 Å². The number of nitrogens with one attached hydrogen (secondary N) is 1. The van der Waals surface area contributed by atoms with Gasteiger partial charge in [-0.05, 0) is 33.1 Å². The third-order valence-corrected chi connectivity index (χ3v) is 6.23. The van der Waals surface area contributed by atoms with Crippen molar-refractivity contribution in [2.24, 2.45) is 0 Å². The molecule has 1 N–H and O–H groups in total. The summed E-state index contributed by atoms with van der Waals surface area (Å²) in [5.41, 5.74) is 2.84. The maximum absolute atomic E-state index is 13.2. The molecule has 0 radical (unpaired) electrons. The van der Waals surface area contributed by atoms with Gasteiger partial charge in [-0.15, -0.1) is 0 Å². The van der Waals surface area contributed by atoms with Crippen molar-refractivity contribution in [3.8, 4) is 0 Å².